The van der Waals surface area contributed by atoms with E-state index in [1.165, 1.54) is 44.1 Å². The topological polar surface area (TPSA) is 18.5 Å². The first kappa shape index (κ1) is 13.7. The van der Waals surface area contributed by atoms with Crippen LogP contribution in [-0.2, 0) is 10.2 Å². The molecular weight excluding hydrogens is 248 g/mol. The third-order valence-corrected chi connectivity index (χ3v) is 5.39. The van der Waals surface area contributed by atoms with Crippen molar-refractivity contribution in [3.05, 3.63) is 42.5 Å². The number of hydrogen-bond acceptors (Lipinski definition) is 2. The molecule has 0 atom stereocenters. The van der Waals surface area contributed by atoms with Crippen LogP contribution in [-0.4, -0.2) is 19.3 Å². The van der Waals surface area contributed by atoms with Gasteiger partial charge in [0, 0.05) is 0 Å². The molecule has 2 bridgehead atoms. The van der Waals surface area contributed by atoms with Gasteiger partial charge in [0.05, 0.1) is 19.3 Å². The zero-order chi connectivity index (χ0) is 14.1. The van der Waals surface area contributed by atoms with Crippen LogP contribution in [0.3, 0.4) is 0 Å². The molecule has 0 saturated heterocycles. The van der Waals surface area contributed by atoms with Crippen LogP contribution in [0, 0.1) is 0 Å². The normalized spacial score (nSPS) is 32.0. The van der Waals surface area contributed by atoms with Gasteiger partial charge in [-0.3, -0.25) is 0 Å². The van der Waals surface area contributed by atoms with Crippen molar-refractivity contribution in [3.63, 3.8) is 0 Å². The smallest absolute Gasteiger partial charge is 0.118 e. The Morgan fingerprint density at radius 1 is 1.05 bits per heavy atom. The summed E-state index contributed by atoms with van der Waals surface area (Å²) in [6.45, 7) is 4.45. The van der Waals surface area contributed by atoms with Crippen molar-refractivity contribution in [2.75, 3.05) is 13.7 Å². The van der Waals surface area contributed by atoms with Gasteiger partial charge >= 0.3 is 0 Å². The SMILES string of the molecule is C=CCOC12CCC(c3ccc(OC)cc3)(CC1)CC2. The summed E-state index contributed by atoms with van der Waals surface area (Å²) in [6.07, 6.45) is 9.17. The Morgan fingerprint density at radius 3 is 2.15 bits per heavy atom. The number of rotatable bonds is 5. The van der Waals surface area contributed by atoms with Gasteiger partial charge in [0.15, 0.2) is 0 Å². The van der Waals surface area contributed by atoms with Crippen molar-refractivity contribution in [1.82, 2.24) is 0 Å². The second-order valence-corrected chi connectivity index (χ2v) is 6.29. The maximum atomic E-state index is 6.09. The fraction of sp³-hybridized carbons (Fsp3) is 0.556. The zero-order valence-corrected chi connectivity index (χ0v) is 12.4. The molecule has 3 fully saturated rings. The van der Waals surface area contributed by atoms with Gasteiger partial charge in [-0.15, -0.1) is 6.58 Å². The van der Waals surface area contributed by atoms with E-state index in [2.05, 4.69) is 30.8 Å². The highest BCUT2D eigenvalue weighted by Gasteiger charge is 2.49. The molecule has 20 heavy (non-hydrogen) atoms. The number of hydrogen-bond donors (Lipinski definition) is 0. The van der Waals surface area contributed by atoms with E-state index in [0.717, 1.165) is 5.75 Å². The van der Waals surface area contributed by atoms with Crippen LogP contribution in [0.5, 0.6) is 5.75 Å². The summed E-state index contributed by atoms with van der Waals surface area (Å²) >= 11 is 0. The Kier molecular flexibility index (Phi) is 3.59. The summed E-state index contributed by atoms with van der Waals surface area (Å²) in [6, 6.07) is 8.69. The van der Waals surface area contributed by atoms with Crippen LogP contribution in [0.2, 0.25) is 0 Å². The van der Waals surface area contributed by atoms with E-state index >= 15 is 0 Å². The maximum Gasteiger partial charge on any atom is 0.118 e. The fourth-order valence-corrected chi connectivity index (χ4v) is 3.98. The molecule has 1 aromatic carbocycles. The molecule has 2 heteroatoms. The van der Waals surface area contributed by atoms with Gasteiger partial charge in [-0.2, -0.15) is 0 Å². The van der Waals surface area contributed by atoms with Gasteiger partial charge in [-0.25, -0.2) is 0 Å². The molecule has 0 unspecified atom stereocenters. The number of methoxy groups -OCH3 is 1. The highest BCUT2D eigenvalue weighted by molar-refractivity contribution is 5.34. The minimum atomic E-state index is 0.141. The second kappa shape index (κ2) is 5.25. The molecule has 4 rings (SSSR count). The molecule has 1 aromatic rings. The van der Waals surface area contributed by atoms with E-state index in [0.29, 0.717) is 12.0 Å². The highest BCUT2D eigenvalue weighted by atomic mass is 16.5. The number of ether oxygens (including phenoxy) is 2. The van der Waals surface area contributed by atoms with Gasteiger partial charge < -0.3 is 9.47 Å². The van der Waals surface area contributed by atoms with Crippen LogP contribution in [0.15, 0.2) is 36.9 Å². The van der Waals surface area contributed by atoms with E-state index in [4.69, 9.17) is 9.47 Å². The van der Waals surface area contributed by atoms with Gasteiger partial charge in [-0.1, -0.05) is 18.2 Å². The van der Waals surface area contributed by atoms with Crippen LogP contribution < -0.4 is 4.74 Å². The summed E-state index contributed by atoms with van der Waals surface area (Å²) in [5.41, 5.74) is 2.00. The summed E-state index contributed by atoms with van der Waals surface area (Å²) in [5.74, 6) is 0.945. The Hall–Kier alpha value is -1.28. The van der Waals surface area contributed by atoms with Gasteiger partial charge in [0.25, 0.3) is 0 Å². The zero-order valence-electron chi connectivity index (χ0n) is 12.4. The maximum absolute atomic E-state index is 6.09. The standard InChI is InChI=1S/C18H24O2/c1-3-14-20-18-11-8-17(9-12-18,10-13-18)15-4-6-16(19-2)7-5-15/h3-7H,1,8-14H2,2H3. The molecule has 0 spiro atoms. The van der Waals surface area contributed by atoms with Crippen molar-refractivity contribution in [2.24, 2.45) is 0 Å². The predicted octanol–water partition coefficient (Wildman–Crippen LogP) is 4.24. The molecule has 0 N–H and O–H groups in total. The molecule has 0 aromatic heterocycles. The first-order valence-corrected chi connectivity index (χ1v) is 7.61. The molecule has 3 aliphatic carbocycles. The van der Waals surface area contributed by atoms with E-state index in [-0.39, 0.29) is 5.60 Å². The van der Waals surface area contributed by atoms with E-state index in [1.807, 2.05) is 6.08 Å². The van der Waals surface area contributed by atoms with Crippen LogP contribution in [0.1, 0.15) is 44.1 Å². The highest BCUT2D eigenvalue weighted by Crippen LogP contribution is 2.55. The average Bonchev–Trinajstić information content (AvgIpc) is 2.55. The molecule has 3 aliphatic rings. The summed E-state index contributed by atoms with van der Waals surface area (Å²) in [5, 5.41) is 0. The van der Waals surface area contributed by atoms with Gasteiger partial charge in [-0.05, 0) is 61.6 Å². The summed E-state index contributed by atoms with van der Waals surface area (Å²) < 4.78 is 11.4. The average molecular weight is 272 g/mol. The van der Waals surface area contributed by atoms with Crippen molar-refractivity contribution in [3.8, 4) is 5.75 Å². The lowest BCUT2D eigenvalue weighted by molar-refractivity contribution is -0.109. The van der Waals surface area contributed by atoms with Crippen molar-refractivity contribution < 1.29 is 9.47 Å². The van der Waals surface area contributed by atoms with Crippen molar-refractivity contribution >= 4 is 0 Å². The summed E-state index contributed by atoms with van der Waals surface area (Å²) in [4.78, 5) is 0. The Balaban J connectivity index is 1.75. The van der Waals surface area contributed by atoms with Crippen LogP contribution in [0.4, 0.5) is 0 Å². The molecular formula is C18H24O2. The summed E-state index contributed by atoms with van der Waals surface area (Å²) in [7, 11) is 1.72. The third-order valence-electron chi connectivity index (χ3n) is 5.39. The Labute approximate surface area is 121 Å². The Bertz CT molecular complexity index is 450. The largest absolute Gasteiger partial charge is 0.497 e. The lowest BCUT2D eigenvalue weighted by Crippen LogP contribution is -2.49. The van der Waals surface area contributed by atoms with Crippen molar-refractivity contribution in [2.45, 2.75) is 49.5 Å². The Morgan fingerprint density at radius 2 is 1.65 bits per heavy atom. The van der Waals surface area contributed by atoms with E-state index in [1.54, 1.807) is 7.11 Å². The first-order valence-electron chi connectivity index (χ1n) is 7.61. The monoisotopic (exact) mass is 272 g/mol. The van der Waals surface area contributed by atoms with Crippen LogP contribution >= 0.6 is 0 Å². The minimum Gasteiger partial charge on any atom is -0.497 e. The van der Waals surface area contributed by atoms with Gasteiger partial charge in [0.2, 0.25) is 0 Å². The third kappa shape index (κ3) is 2.26. The van der Waals surface area contributed by atoms with E-state index in [9.17, 15) is 0 Å². The molecule has 0 heterocycles. The van der Waals surface area contributed by atoms with Crippen molar-refractivity contribution in [1.29, 1.82) is 0 Å². The number of fused-ring (bicyclic) bond motifs is 3. The molecule has 0 radical (unpaired) electrons. The minimum absolute atomic E-state index is 0.141. The quantitative estimate of drug-likeness (QED) is 0.746. The van der Waals surface area contributed by atoms with E-state index < -0.39 is 0 Å². The molecule has 2 nitrogen and oxygen atoms in total. The predicted molar refractivity (Wildman–Crippen MR) is 81.3 cm³/mol. The fourth-order valence-electron chi connectivity index (χ4n) is 3.98. The van der Waals surface area contributed by atoms with Gasteiger partial charge in [0.1, 0.15) is 5.75 Å². The lowest BCUT2D eigenvalue weighted by atomic mass is 9.56. The first-order chi connectivity index (χ1) is 9.72. The molecule has 0 aliphatic heterocycles. The number of benzene rings is 1. The molecule has 0 amide bonds. The molecule has 3 saturated carbocycles. The van der Waals surface area contributed by atoms with Crippen LogP contribution in [0.25, 0.3) is 0 Å². The second-order valence-electron chi connectivity index (χ2n) is 6.29. The molecule has 108 valence electrons. The lowest BCUT2D eigenvalue weighted by Gasteiger charge is -2.53.